The van der Waals surface area contributed by atoms with Crippen LogP contribution in [0.1, 0.15) is 77.2 Å². The van der Waals surface area contributed by atoms with E-state index in [9.17, 15) is 9.59 Å². The molecule has 0 radical (unpaired) electrons. The van der Waals surface area contributed by atoms with E-state index in [2.05, 4.69) is 17.4 Å². The maximum Gasteiger partial charge on any atom is 0.407 e. The molecule has 1 aliphatic carbocycles. The van der Waals surface area contributed by atoms with Gasteiger partial charge in [-0.15, -0.1) is 0 Å². The minimum Gasteiger partial charge on any atom is -0.493 e. The van der Waals surface area contributed by atoms with E-state index >= 15 is 0 Å². The van der Waals surface area contributed by atoms with Crippen molar-refractivity contribution < 1.29 is 23.8 Å². The number of hydrogen-bond donors (Lipinski definition) is 1. The second kappa shape index (κ2) is 10.3. The molecule has 2 fully saturated rings. The molecular formula is C26H38N2O5. The Bertz CT molecular complexity index is 828. The van der Waals surface area contributed by atoms with Crippen LogP contribution >= 0.6 is 0 Å². The fourth-order valence-electron chi connectivity index (χ4n) is 5.32. The van der Waals surface area contributed by atoms with Crippen molar-refractivity contribution in [2.24, 2.45) is 0 Å². The lowest BCUT2D eigenvalue weighted by atomic mass is 9.82. The van der Waals surface area contributed by atoms with Crippen LogP contribution in [0.3, 0.4) is 0 Å². The van der Waals surface area contributed by atoms with Crippen LogP contribution in [0.25, 0.3) is 0 Å². The number of alkyl carbamates (subject to hydrolysis) is 1. The van der Waals surface area contributed by atoms with Gasteiger partial charge in [-0.1, -0.05) is 18.2 Å². The number of nitrogens with one attached hydrogen (secondary N) is 1. The van der Waals surface area contributed by atoms with Gasteiger partial charge in [-0.2, -0.15) is 0 Å². The molecule has 2 amide bonds. The van der Waals surface area contributed by atoms with E-state index in [4.69, 9.17) is 14.2 Å². The normalized spacial score (nSPS) is 28.7. The highest BCUT2D eigenvalue weighted by Crippen LogP contribution is 2.38. The number of para-hydroxylation sites is 1. The molecule has 1 saturated heterocycles. The third-order valence-electron chi connectivity index (χ3n) is 6.91. The molecule has 3 heterocycles. The van der Waals surface area contributed by atoms with Crippen molar-refractivity contribution in [3.63, 3.8) is 0 Å². The molecule has 0 spiro atoms. The summed E-state index contributed by atoms with van der Waals surface area (Å²) in [7, 11) is 0. The second-order valence-corrected chi connectivity index (χ2v) is 10.5. The van der Waals surface area contributed by atoms with E-state index in [0.29, 0.717) is 32.1 Å². The van der Waals surface area contributed by atoms with Crippen molar-refractivity contribution in [2.75, 3.05) is 19.8 Å². The zero-order chi connectivity index (χ0) is 23.4. The van der Waals surface area contributed by atoms with Gasteiger partial charge >= 0.3 is 6.09 Å². The van der Waals surface area contributed by atoms with Crippen LogP contribution < -0.4 is 10.1 Å². The van der Waals surface area contributed by atoms with Gasteiger partial charge in [0, 0.05) is 6.54 Å². The topological polar surface area (TPSA) is 77.1 Å². The van der Waals surface area contributed by atoms with Gasteiger partial charge in [0.1, 0.15) is 11.4 Å². The highest BCUT2D eigenvalue weighted by Gasteiger charge is 2.37. The first kappa shape index (κ1) is 23.9. The molecule has 1 aromatic rings. The first-order chi connectivity index (χ1) is 15.8. The van der Waals surface area contributed by atoms with Crippen molar-refractivity contribution in [3.05, 3.63) is 29.8 Å². The van der Waals surface area contributed by atoms with Gasteiger partial charge in [-0.05, 0) is 76.8 Å². The van der Waals surface area contributed by atoms with Crippen LogP contribution in [0.4, 0.5) is 4.79 Å². The molecule has 3 aliphatic heterocycles. The lowest BCUT2D eigenvalue weighted by Gasteiger charge is -2.42. The van der Waals surface area contributed by atoms with Crippen LogP contribution in [-0.4, -0.2) is 60.4 Å². The summed E-state index contributed by atoms with van der Waals surface area (Å²) in [4.78, 5) is 27.6. The Labute approximate surface area is 197 Å². The number of hydrogen-bond acceptors (Lipinski definition) is 5. The Morgan fingerprint density at radius 1 is 1.12 bits per heavy atom. The average molecular weight is 459 g/mol. The number of nitrogens with zero attached hydrogens (tertiary/aromatic N) is 1. The van der Waals surface area contributed by atoms with E-state index in [0.717, 1.165) is 44.3 Å². The third kappa shape index (κ3) is 6.19. The van der Waals surface area contributed by atoms with E-state index in [1.165, 1.54) is 5.56 Å². The van der Waals surface area contributed by atoms with E-state index in [1.54, 1.807) is 0 Å². The largest absolute Gasteiger partial charge is 0.493 e. The lowest BCUT2D eigenvalue weighted by Crippen LogP contribution is -2.59. The lowest BCUT2D eigenvalue weighted by molar-refractivity contribution is -0.139. The first-order valence-corrected chi connectivity index (χ1v) is 12.4. The van der Waals surface area contributed by atoms with E-state index in [1.807, 2.05) is 37.8 Å². The number of carbonyl (C=O) groups is 2. The van der Waals surface area contributed by atoms with Gasteiger partial charge in [-0.25, -0.2) is 4.79 Å². The molecular weight excluding hydrogens is 420 g/mol. The highest BCUT2D eigenvalue weighted by atomic mass is 16.6. The summed E-state index contributed by atoms with van der Waals surface area (Å²) in [5.41, 5.74) is 0.679. The van der Waals surface area contributed by atoms with Crippen molar-refractivity contribution in [1.82, 2.24) is 10.2 Å². The highest BCUT2D eigenvalue weighted by molar-refractivity contribution is 5.77. The molecule has 1 aromatic carbocycles. The third-order valence-corrected chi connectivity index (χ3v) is 6.91. The van der Waals surface area contributed by atoms with Crippen LogP contribution in [0.2, 0.25) is 0 Å². The summed E-state index contributed by atoms with van der Waals surface area (Å²) in [5.74, 6) is 1.40. The van der Waals surface area contributed by atoms with E-state index < -0.39 is 11.7 Å². The van der Waals surface area contributed by atoms with Crippen molar-refractivity contribution in [2.45, 2.75) is 95.4 Å². The Morgan fingerprint density at radius 3 is 2.64 bits per heavy atom. The van der Waals surface area contributed by atoms with Gasteiger partial charge in [0.15, 0.2) is 0 Å². The number of amides is 2. The molecule has 33 heavy (non-hydrogen) atoms. The number of benzene rings is 1. The monoisotopic (exact) mass is 458 g/mol. The standard InChI is InChI=1S/C26H38N2O5/c1-26(2,3)33-25(30)27-21-8-6-15-28-22(21)17-32-19-12-10-18(11-13-19)20-7-4-5-9-23(20)31-16-14-24(28)29/h4-5,7,9,18-19,21-22H,6,8,10-17H2,1-3H3,(H,27,30). The molecule has 2 bridgehead atoms. The summed E-state index contributed by atoms with van der Waals surface area (Å²) in [6.07, 6.45) is 5.78. The number of carbonyl (C=O) groups excluding carboxylic acids is 2. The minimum absolute atomic E-state index is 0.0407. The van der Waals surface area contributed by atoms with Crippen molar-refractivity contribution in [1.29, 1.82) is 0 Å². The molecule has 1 N–H and O–H groups in total. The fraction of sp³-hybridized carbons (Fsp3) is 0.692. The Balaban J connectivity index is 1.51. The molecule has 4 aliphatic rings. The van der Waals surface area contributed by atoms with Crippen LogP contribution in [0.15, 0.2) is 24.3 Å². The SMILES string of the molecule is CC(C)(C)OC(=O)NC1CCCN2C(=O)CCOc3ccccc3C3CCC(CC3)OCC12. The minimum atomic E-state index is -0.569. The molecule has 2 unspecified atom stereocenters. The van der Waals surface area contributed by atoms with Crippen molar-refractivity contribution in [3.8, 4) is 5.75 Å². The van der Waals surface area contributed by atoms with Gasteiger partial charge in [0.25, 0.3) is 0 Å². The summed E-state index contributed by atoms with van der Waals surface area (Å²) in [5, 5.41) is 3.02. The Hall–Kier alpha value is -2.28. The number of fused-ring (bicyclic) bond motifs is 6. The molecule has 7 nitrogen and oxygen atoms in total. The zero-order valence-electron chi connectivity index (χ0n) is 20.2. The maximum atomic E-state index is 13.2. The predicted octanol–water partition coefficient (Wildman–Crippen LogP) is 4.40. The van der Waals surface area contributed by atoms with E-state index in [-0.39, 0.29) is 24.1 Å². The molecule has 5 rings (SSSR count). The zero-order valence-corrected chi connectivity index (χ0v) is 20.2. The first-order valence-electron chi connectivity index (χ1n) is 12.4. The molecule has 7 heteroatoms. The van der Waals surface area contributed by atoms with Gasteiger partial charge in [-0.3, -0.25) is 4.79 Å². The summed E-state index contributed by atoms with van der Waals surface area (Å²) in [6.45, 7) is 6.99. The Kier molecular flexibility index (Phi) is 7.47. The quantitative estimate of drug-likeness (QED) is 0.675. The smallest absolute Gasteiger partial charge is 0.407 e. The summed E-state index contributed by atoms with van der Waals surface area (Å²) in [6, 6.07) is 7.83. The fourth-order valence-corrected chi connectivity index (χ4v) is 5.32. The van der Waals surface area contributed by atoms with Crippen LogP contribution in [0, 0.1) is 0 Å². The summed E-state index contributed by atoms with van der Waals surface area (Å²) >= 11 is 0. The molecule has 182 valence electrons. The summed E-state index contributed by atoms with van der Waals surface area (Å²) < 4.78 is 18.0. The van der Waals surface area contributed by atoms with Crippen LogP contribution in [-0.2, 0) is 14.3 Å². The predicted molar refractivity (Wildman–Crippen MR) is 125 cm³/mol. The van der Waals surface area contributed by atoms with Crippen LogP contribution in [0.5, 0.6) is 5.75 Å². The van der Waals surface area contributed by atoms with Gasteiger partial charge in [0.2, 0.25) is 5.91 Å². The van der Waals surface area contributed by atoms with Crippen molar-refractivity contribution >= 4 is 12.0 Å². The molecule has 0 aromatic heterocycles. The molecule has 1 saturated carbocycles. The molecule has 2 atom stereocenters. The Morgan fingerprint density at radius 2 is 1.88 bits per heavy atom. The van der Waals surface area contributed by atoms with Gasteiger partial charge in [0.05, 0.1) is 37.8 Å². The average Bonchev–Trinajstić information content (AvgIpc) is 2.77. The number of piperidine rings is 1. The second-order valence-electron chi connectivity index (χ2n) is 10.5. The number of rotatable bonds is 1. The maximum absolute atomic E-state index is 13.2. The number of ether oxygens (including phenoxy) is 3. The van der Waals surface area contributed by atoms with Gasteiger partial charge < -0.3 is 24.4 Å².